The van der Waals surface area contributed by atoms with Crippen molar-refractivity contribution >= 4 is 50.2 Å². The number of carbonyl (C=O) groups is 3. The third-order valence-corrected chi connectivity index (χ3v) is 14.2. The number of amides is 3. The molecule has 2 N–H and O–H groups in total. The van der Waals surface area contributed by atoms with Gasteiger partial charge < -0.3 is 53.2 Å². The van der Waals surface area contributed by atoms with Gasteiger partial charge in [0.05, 0.1) is 68.0 Å². The van der Waals surface area contributed by atoms with Crippen LogP contribution in [0.2, 0.25) is 0 Å². The molecule has 3 amide bonds. The van der Waals surface area contributed by atoms with Crippen molar-refractivity contribution in [3.05, 3.63) is 71.1 Å². The van der Waals surface area contributed by atoms with Crippen molar-refractivity contribution < 1.29 is 51.4 Å². The largest absolute Gasteiger partial charge is 0.489 e. The van der Waals surface area contributed by atoms with E-state index in [2.05, 4.69) is 25.7 Å². The van der Waals surface area contributed by atoms with Gasteiger partial charge in [-0.15, -0.1) is 11.3 Å². The lowest BCUT2D eigenvalue weighted by atomic mass is 9.83. The molecule has 1 saturated carbocycles. The Hall–Kier alpha value is -5.25. The smallest absolute Gasteiger partial charge is 0.270 e. The van der Waals surface area contributed by atoms with Gasteiger partial charge in [-0.2, -0.15) is 0 Å². The highest BCUT2D eigenvalue weighted by molar-refractivity contribution is 7.17. The Morgan fingerprint density at radius 1 is 0.841 bits per heavy atom. The summed E-state index contributed by atoms with van der Waals surface area (Å²) in [5.74, 6) is -0.577. The standard InChI is InChI=1S/C49H64F2N8O9S/c1-33(52-2)47(60)54-45(34-6-4-3-5-7-34)49(62)58-17-15-57(16-18-58)48(61)42-29-35-28-38(50)39(51)31-41(35)59(42)19-20-63-21-22-64-23-24-65-25-26-66-44-30-37(68-55-44)32-56-13-9-36(10-14-56)67-43-8-12-53-40-11-27-69-46(40)43/h8,11-12,27-31,33-34,36,45,52H,3-7,9-10,13-26,32H2,1-2H3,(H,54,60)/t33-,45-/m0/s1. The number of carbonyl (C=O) groups excluding carboxylic acids is 3. The van der Waals surface area contributed by atoms with Gasteiger partial charge in [-0.05, 0) is 80.4 Å². The van der Waals surface area contributed by atoms with Crippen molar-refractivity contribution in [2.45, 2.75) is 83.1 Å². The van der Waals surface area contributed by atoms with E-state index in [0.717, 1.165) is 91.9 Å². The monoisotopic (exact) mass is 978 g/mol. The summed E-state index contributed by atoms with van der Waals surface area (Å²) in [4.78, 5) is 51.0. The van der Waals surface area contributed by atoms with Crippen LogP contribution in [0.4, 0.5) is 8.78 Å². The van der Waals surface area contributed by atoms with Gasteiger partial charge in [0, 0.05) is 69.5 Å². The van der Waals surface area contributed by atoms with E-state index in [4.69, 9.17) is 28.2 Å². The van der Waals surface area contributed by atoms with Crippen LogP contribution in [-0.2, 0) is 36.9 Å². The van der Waals surface area contributed by atoms with Crippen molar-refractivity contribution in [3.8, 4) is 11.6 Å². The molecule has 3 fully saturated rings. The van der Waals surface area contributed by atoms with E-state index in [1.54, 1.807) is 51.9 Å². The van der Waals surface area contributed by atoms with Gasteiger partial charge in [0.2, 0.25) is 11.8 Å². The molecule has 4 aromatic heterocycles. The molecule has 2 saturated heterocycles. The molecule has 0 bridgehead atoms. The number of rotatable bonds is 23. The highest BCUT2D eigenvalue weighted by atomic mass is 32.1. The molecule has 69 heavy (non-hydrogen) atoms. The number of likely N-dealkylation sites (tertiary alicyclic amines) is 1. The lowest BCUT2D eigenvalue weighted by molar-refractivity contribution is -0.140. The number of nitrogens with zero attached hydrogens (tertiary/aromatic N) is 6. The number of likely N-dealkylation sites (N-methyl/N-ethyl adjacent to an activating group) is 1. The van der Waals surface area contributed by atoms with E-state index < -0.39 is 23.7 Å². The van der Waals surface area contributed by atoms with Crippen LogP contribution in [-0.4, -0.2) is 158 Å². The zero-order valence-corrected chi connectivity index (χ0v) is 40.3. The van der Waals surface area contributed by atoms with Crippen molar-refractivity contribution in [1.29, 1.82) is 0 Å². The van der Waals surface area contributed by atoms with Gasteiger partial charge in [-0.3, -0.25) is 24.3 Å². The topological polar surface area (TPSA) is 175 Å². The summed E-state index contributed by atoms with van der Waals surface area (Å²) in [6, 6.07) is 8.45. The Labute approximate surface area is 404 Å². The first-order chi connectivity index (χ1) is 33.6. The summed E-state index contributed by atoms with van der Waals surface area (Å²) >= 11 is 1.65. The average molecular weight is 979 g/mol. The number of halogens is 2. The van der Waals surface area contributed by atoms with Crippen LogP contribution in [0.3, 0.4) is 0 Å². The number of ether oxygens (including phenoxy) is 5. The molecule has 0 radical (unpaired) electrons. The number of fused-ring (bicyclic) bond motifs is 2. The summed E-state index contributed by atoms with van der Waals surface area (Å²) in [5, 5.41) is 12.4. The predicted octanol–water partition coefficient (Wildman–Crippen LogP) is 5.65. The van der Waals surface area contributed by atoms with E-state index in [1.165, 1.54) is 0 Å². The van der Waals surface area contributed by atoms with Crippen molar-refractivity contribution in [2.24, 2.45) is 5.92 Å². The summed E-state index contributed by atoms with van der Waals surface area (Å²) in [6.07, 6.45) is 8.68. The quantitative estimate of drug-likeness (QED) is 0.0770. The molecule has 2 aliphatic heterocycles. The molecule has 1 aromatic carbocycles. The number of hydrogen-bond acceptors (Lipinski definition) is 14. The van der Waals surface area contributed by atoms with Crippen LogP contribution in [0.5, 0.6) is 11.6 Å². The van der Waals surface area contributed by atoms with Crippen LogP contribution in [0, 0.1) is 17.6 Å². The molecule has 1 aliphatic carbocycles. The van der Waals surface area contributed by atoms with E-state index >= 15 is 0 Å². The first-order valence-electron chi connectivity index (χ1n) is 24.2. The fourth-order valence-corrected chi connectivity index (χ4v) is 10.1. The second-order valence-electron chi connectivity index (χ2n) is 17.9. The molecular formula is C49H64F2N8O9S. The van der Waals surface area contributed by atoms with E-state index in [-0.39, 0.29) is 68.3 Å². The first-order valence-corrected chi connectivity index (χ1v) is 25.1. The third-order valence-electron chi connectivity index (χ3n) is 13.3. The summed E-state index contributed by atoms with van der Waals surface area (Å²) in [6.45, 7) is 7.61. The molecule has 5 aromatic rings. The molecule has 17 nitrogen and oxygen atoms in total. The van der Waals surface area contributed by atoms with Crippen molar-refractivity contribution in [3.63, 3.8) is 0 Å². The van der Waals surface area contributed by atoms with Crippen LogP contribution in [0.25, 0.3) is 21.1 Å². The predicted molar refractivity (Wildman–Crippen MR) is 254 cm³/mol. The van der Waals surface area contributed by atoms with E-state index in [1.807, 2.05) is 23.6 Å². The summed E-state index contributed by atoms with van der Waals surface area (Å²) in [7, 11) is 1.71. The van der Waals surface area contributed by atoms with Gasteiger partial charge in [-0.25, -0.2) is 8.78 Å². The SMILES string of the molecule is CN[C@@H](C)C(=O)N[C@H](C(=O)N1CCN(C(=O)c2cc3cc(F)c(F)cc3n2CCOCCOCCOCCOc2cc(CN3CCC(Oc4ccnc5ccsc45)CC3)on2)CC1)C1CCCCC1. The Kier molecular flexibility index (Phi) is 17.8. The number of piperidine rings is 1. The number of piperazine rings is 1. The van der Waals surface area contributed by atoms with Crippen molar-refractivity contribution in [1.82, 2.24) is 40.0 Å². The van der Waals surface area contributed by atoms with Gasteiger partial charge in [0.25, 0.3) is 11.8 Å². The van der Waals surface area contributed by atoms with Gasteiger partial charge in [0.15, 0.2) is 17.4 Å². The third kappa shape index (κ3) is 13.1. The average Bonchev–Trinajstić information content (AvgIpc) is 4.13. The molecule has 0 spiro atoms. The summed E-state index contributed by atoms with van der Waals surface area (Å²) in [5.41, 5.74) is 1.61. The second kappa shape index (κ2) is 24.5. The minimum atomic E-state index is -1.02. The molecule has 3 aliphatic rings. The number of benzene rings is 1. The molecule has 374 valence electrons. The number of hydrogen-bond donors (Lipinski definition) is 2. The molecule has 6 heterocycles. The Morgan fingerprint density at radius 2 is 1.54 bits per heavy atom. The molecule has 0 unspecified atom stereocenters. The van der Waals surface area contributed by atoms with E-state index in [9.17, 15) is 23.2 Å². The zero-order chi connectivity index (χ0) is 48.1. The zero-order valence-electron chi connectivity index (χ0n) is 39.5. The fraction of sp³-hybridized carbons (Fsp3) is 0.571. The van der Waals surface area contributed by atoms with Gasteiger partial charge in [0.1, 0.15) is 30.2 Å². The number of nitrogens with one attached hydrogen (secondary N) is 2. The highest BCUT2D eigenvalue weighted by Crippen LogP contribution is 2.32. The van der Waals surface area contributed by atoms with Gasteiger partial charge in [-0.1, -0.05) is 19.3 Å². The maximum absolute atomic E-state index is 14.5. The second-order valence-corrected chi connectivity index (χ2v) is 18.8. The molecule has 20 heteroatoms. The minimum absolute atomic E-state index is 0.0568. The van der Waals surface area contributed by atoms with Crippen molar-refractivity contribution in [2.75, 3.05) is 92.6 Å². The fourth-order valence-electron chi connectivity index (χ4n) is 9.29. The van der Waals surface area contributed by atoms with E-state index in [0.29, 0.717) is 69.5 Å². The van der Waals surface area contributed by atoms with Crippen LogP contribution >= 0.6 is 11.3 Å². The number of aromatic nitrogens is 3. The Bertz CT molecular complexity index is 2460. The maximum Gasteiger partial charge on any atom is 0.270 e. The molecule has 8 rings (SSSR count). The minimum Gasteiger partial charge on any atom is -0.489 e. The number of pyridine rings is 1. The molecular weight excluding hydrogens is 915 g/mol. The van der Waals surface area contributed by atoms with Crippen LogP contribution in [0.1, 0.15) is 68.1 Å². The highest BCUT2D eigenvalue weighted by Gasteiger charge is 2.37. The van der Waals surface area contributed by atoms with Crippen LogP contribution in [0.15, 0.2) is 52.5 Å². The van der Waals surface area contributed by atoms with Gasteiger partial charge >= 0.3 is 0 Å². The summed E-state index contributed by atoms with van der Waals surface area (Å²) < 4.78 is 66.3. The lowest BCUT2D eigenvalue weighted by Gasteiger charge is -2.39. The first kappa shape index (κ1) is 50.1. The van der Waals surface area contributed by atoms with Crippen LogP contribution < -0.4 is 20.1 Å². The molecule has 2 atom stereocenters. The maximum atomic E-state index is 14.5. The normalized spacial score (nSPS) is 17.4. The lowest BCUT2D eigenvalue weighted by Crippen LogP contribution is -2.59. The Balaban J connectivity index is 0.709. The Morgan fingerprint density at radius 3 is 2.28 bits per heavy atom. The number of thiophene rings is 1.